The lowest BCUT2D eigenvalue weighted by Crippen LogP contribution is -2.41. The number of nitrogens with zero attached hydrogens (tertiary/aromatic N) is 4. The van der Waals surface area contributed by atoms with Crippen LogP contribution >= 0.6 is 0 Å². The van der Waals surface area contributed by atoms with Crippen LogP contribution < -0.4 is 0 Å². The van der Waals surface area contributed by atoms with Crippen LogP contribution in [0, 0.1) is 0 Å². The number of carbonyl (C=O) groups excluding carboxylic acids is 2. The highest BCUT2D eigenvalue weighted by Crippen LogP contribution is 2.31. The number of ether oxygens (including phenoxy) is 1. The van der Waals surface area contributed by atoms with Crippen LogP contribution in [0.25, 0.3) is 17.0 Å². The molecule has 5 rings (SSSR count). The third kappa shape index (κ3) is 2.19. The van der Waals surface area contributed by atoms with Gasteiger partial charge >= 0.3 is 0 Å². The van der Waals surface area contributed by atoms with Gasteiger partial charge in [-0.1, -0.05) is 0 Å². The number of morpholine rings is 1. The molecule has 0 spiro atoms. The summed E-state index contributed by atoms with van der Waals surface area (Å²) < 4.78 is 12.6. The van der Waals surface area contributed by atoms with E-state index in [4.69, 9.17) is 9.15 Å². The smallest absolute Gasteiger partial charge is 0.272 e. The number of Topliss-reactive ketones (excluding diaryl/α,β-unsaturated/α-hetero) is 1. The quantitative estimate of drug-likeness (QED) is 0.668. The molecular weight excluding hydrogens is 336 g/mol. The maximum absolute atomic E-state index is 13.1. The van der Waals surface area contributed by atoms with Crippen molar-refractivity contribution in [1.29, 1.82) is 0 Å². The first-order chi connectivity index (χ1) is 12.6. The van der Waals surface area contributed by atoms with E-state index < -0.39 is 0 Å². The third-order valence-electron chi connectivity index (χ3n) is 5.09. The molecule has 2 atom stereocenters. The molecular formula is C18H16N4O4. The zero-order valence-corrected chi connectivity index (χ0v) is 14.1. The molecule has 0 unspecified atom stereocenters. The fraction of sp³-hybridized carbons (Fsp3) is 0.333. The molecule has 0 radical (unpaired) electrons. The van der Waals surface area contributed by atoms with Crippen molar-refractivity contribution < 1.29 is 18.7 Å². The molecule has 2 aliphatic heterocycles. The summed E-state index contributed by atoms with van der Waals surface area (Å²) in [6, 6.07) is 1.83. The van der Waals surface area contributed by atoms with Crippen LogP contribution in [0.3, 0.4) is 0 Å². The number of likely N-dealkylation sites (tertiary alicyclic amines) is 1. The molecule has 3 aromatic heterocycles. The highest BCUT2D eigenvalue weighted by Gasteiger charge is 2.42. The van der Waals surface area contributed by atoms with Gasteiger partial charge in [-0.05, 0) is 19.4 Å². The summed E-state index contributed by atoms with van der Waals surface area (Å²) in [6.07, 6.45) is 7.09. The zero-order valence-electron chi connectivity index (χ0n) is 14.1. The Morgan fingerprint density at radius 1 is 1.31 bits per heavy atom. The minimum atomic E-state index is -0.103. The van der Waals surface area contributed by atoms with Gasteiger partial charge in [-0.15, -0.1) is 0 Å². The Bertz CT molecular complexity index is 1020. The number of imidazole rings is 1. The topological polar surface area (TPSA) is 89.9 Å². The van der Waals surface area contributed by atoms with Crippen molar-refractivity contribution in [2.75, 3.05) is 13.2 Å². The number of pyridine rings is 1. The minimum Gasteiger partial charge on any atom is -0.443 e. The van der Waals surface area contributed by atoms with Crippen molar-refractivity contribution in [1.82, 2.24) is 19.3 Å². The van der Waals surface area contributed by atoms with Gasteiger partial charge in [0.15, 0.2) is 17.9 Å². The fourth-order valence-corrected chi connectivity index (χ4v) is 3.76. The third-order valence-corrected chi connectivity index (χ3v) is 5.09. The van der Waals surface area contributed by atoms with E-state index in [1.807, 2.05) is 4.90 Å². The SMILES string of the molecule is CC(=O)c1cc(-c2cnco2)c2ncc(C(=O)N3C[C@@H]4C[C@H]3CO4)n2c1. The van der Waals surface area contributed by atoms with Gasteiger partial charge in [-0.3, -0.25) is 14.0 Å². The number of oxazole rings is 1. The van der Waals surface area contributed by atoms with E-state index in [9.17, 15) is 9.59 Å². The van der Waals surface area contributed by atoms with Gasteiger partial charge in [0.2, 0.25) is 0 Å². The van der Waals surface area contributed by atoms with Crippen LogP contribution in [0.4, 0.5) is 0 Å². The first-order valence-electron chi connectivity index (χ1n) is 8.45. The van der Waals surface area contributed by atoms with E-state index in [1.165, 1.54) is 13.3 Å². The van der Waals surface area contributed by atoms with Crippen LogP contribution in [-0.4, -0.2) is 56.3 Å². The largest absolute Gasteiger partial charge is 0.443 e. The van der Waals surface area contributed by atoms with E-state index in [1.54, 1.807) is 29.1 Å². The van der Waals surface area contributed by atoms with E-state index in [2.05, 4.69) is 9.97 Å². The summed E-state index contributed by atoms with van der Waals surface area (Å²) in [5, 5.41) is 0. The van der Waals surface area contributed by atoms with Crippen LogP contribution in [0.15, 0.2) is 35.5 Å². The lowest BCUT2D eigenvalue weighted by atomic mass is 10.1. The fourth-order valence-electron chi connectivity index (χ4n) is 3.76. The lowest BCUT2D eigenvalue weighted by molar-refractivity contribution is 0.0255. The second-order valence-electron chi connectivity index (χ2n) is 6.70. The number of hydrogen-bond donors (Lipinski definition) is 0. The predicted octanol–water partition coefficient (Wildman–Crippen LogP) is 1.81. The zero-order chi connectivity index (χ0) is 17.8. The minimum absolute atomic E-state index is 0.0995. The Labute approximate surface area is 148 Å². The van der Waals surface area contributed by atoms with Gasteiger partial charge in [0.25, 0.3) is 5.91 Å². The summed E-state index contributed by atoms with van der Waals surface area (Å²) >= 11 is 0. The molecule has 2 fully saturated rings. The van der Waals surface area contributed by atoms with E-state index in [0.29, 0.717) is 41.4 Å². The number of ketones is 1. The van der Waals surface area contributed by atoms with Crippen molar-refractivity contribution in [3.05, 3.63) is 42.3 Å². The molecule has 0 aliphatic carbocycles. The maximum atomic E-state index is 13.1. The average molecular weight is 352 g/mol. The monoisotopic (exact) mass is 352 g/mol. The number of aromatic nitrogens is 3. The average Bonchev–Trinajstić information content (AvgIpc) is 3.43. The molecule has 3 aromatic rings. The van der Waals surface area contributed by atoms with Crippen molar-refractivity contribution >= 4 is 17.3 Å². The molecule has 8 nitrogen and oxygen atoms in total. The Balaban J connectivity index is 1.65. The van der Waals surface area contributed by atoms with Gasteiger partial charge in [0, 0.05) is 18.3 Å². The number of hydrogen-bond acceptors (Lipinski definition) is 6. The van der Waals surface area contributed by atoms with Gasteiger partial charge in [-0.25, -0.2) is 9.97 Å². The predicted molar refractivity (Wildman–Crippen MR) is 89.9 cm³/mol. The number of fused-ring (bicyclic) bond motifs is 3. The number of carbonyl (C=O) groups is 2. The first kappa shape index (κ1) is 15.3. The normalized spacial score (nSPS) is 21.7. The number of amides is 1. The van der Waals surface area contributed by atoms with E-state index in [-0.39, 0.29) is 23.8 Å². The first-order valence-corrected chi connectivity index (χ1v) is 8.45. The van der Waals surface area contributed by atoms with E-state index >= 15 is 0 Å². The Hall–Kier alpha value is -3.00. The molecule has 0 saturated carbocycles. The van der Waals surface area contributed by atoms with Gasteiger partial charge < -0.3 is 14.1 Å². The van der Waals surface area contributed by atoms with Crippen LogP contribution in [-0.2, 0) is 4.74 Å². The van der Waals surface area contributed by atoms with Gasteiger partial charge in [0.1, 0.15) is 11.3 Å². The van der Waals surface area contributed by atoms with Crippen molar-refractivity contribution in [2.24, 2.45) is 0 Å². The summed E-state index contributed by atoms with van der Waals surface area (Å²) in [7, 11) is 0. The molecule has 0 N–H and O–H groups in total. The summed E-state index contributed by atoms with van der Waals surface area (Å²) in [6.45, 7) is 2.66. The van der Waals surface area contributed by atoms with Crippen molar-refractivity contribution in [2.45, 2.75) is 25.5 Å². The van der Waals surface area contributed by atoms with Crippen LogP contribution in [0.1, 0.15) is 34.2 Å². The molecule has 8 heteroatoms. The molecule has 2 bridgehead atoms. The molecule has 5 heterocycles. The van der Waals surface area contributed by atoms with Crippen molar-refractivity contribution in [3.63, 3.8) is 0 Å². The summed E-state index contributed by atoms with van der Waals surface area (Å²) in [5.74, 6) is 0.294. The number of rotatable bonds is 3. The Kier molecular flexibility index (Phi) is 3.23. The van der Waals surface area contributed by atoms with Gasteiger partial charge in [-0.2, -0.15) is 0 Å². The van der Waals surface area contributed by atoms with Crippen LogP contribution in [0.5, 0.6) is 0 Å². The molecule has 132 valence electrons. The summed E-state index contributed by atoms with van der Waals surface area (Å²) in [4.78, 5) is 35.2. The highest BCUT2D eigenvalue weighted by molar-refractivity contribution is 5.98. The molecule has 1 amide bonds. The second-order valence-corrected chi connectivity index (χ2v) is 6.70. The maximum Gasteiger partial charge on any atom is 0.272 e. The van der Waals surface area contributed by atoms with E-state index in [0.717, 1.165) is 6.42 Å². The van der Waals surface area contributed by atoms with Gasteiger partial charge in [0.05, 0.1) is 36.7 Å². The highest BCUT2D eigenvalue weighted by atomic mass is 16.5. The lowest BCUT2D eigenvalue weighted by Gasteiger charge is -2.26. The standard InChI is InChI=1S/C18H16N4O4/c1-10(23)11-2-14(16-5-19-9-26-16)17-20-4-15(22(17)6-11)18(24)21-7-13-3-12(21)8-25-13/h2,4-6,9,12-13H,3,7-8H2,1H3/t12-,13-/m0/s1. The molecule has 0 aromatic carbocycles. The Morgan fingerprint density at radius 2 is 2.19 bits per heavy atom. The van der Waals surface area contributed by atoms with Crippen LogP contribution in [0.2, 0.25) is 0 Å². The summed E-state index contributed by atoms with van der Waals surface area (Å²) in [5.41, 5.74) is 2.08. The Morgan fingerprint density at radius 3 is 2.85 bits per heavy atom. The molecule has 26 heavy (non-hydrogen) atoms. The second kappa shape index (κ2) is 5.50. The molecule has 2 saturated heterocycles. The molecule has 2 aliphatic rings. The van der Waals surface area contributed by atoms with Crippen molar-refractivity contribution in [3.8, 4) is 11.3 Å².